The minimum absolute atomic E-state index is 0.748. The highest BCUT2D eigenvalue weighted by atomic mass is 32.1. The molecule has 2 aliphatic heterocycles. The van der Waals surface area contributed by atoms with Crippen LogP contribution in [0.2, 0.25) is 0 Å². The van der Waals surface area contributed by atoms with Gasteiger partial charge in [0.1, 0.15) is 4.99 Å². The molecule has 0 atom stereocenters. The minimum atomic E-state index is 0.748. The first kappa shape index (κ1) is 13.0. The number of morpholine rings is 2. The third kappa shape index (κ3) is 3.77. The molecule has 0 unspecified atom stereocenters. The highest BCUT2D eigenvalue weighted by Gasteiger charge is 2.12. The van der Waals surface area contributed by atoms with E-state index in [2.05, 4.69) is 9.80 Å². The molecule has 4 nitrogen and oxygen atoms in total. The quantitative estimate of drug-likeness (QED) is 0.409. The fraction of sp³-hybridized carbons (Fsp3) is 0.727. The molecule has 0 amide bonds. The smallest absolute Gasteiger partial charge is 0.101 e. The summed E-state index contributed by atoms with van der Waals surface area (Å²) in [5.41, 5.74) is 0. The van der Waals surface area contributed by atoms with E-state index in [0.717, 1.165) is 62.6 Å². The molecule has 2 aliphatic rings. The van der Waals surface area contributed by atoms with E-state index in [4.69, 9.17) is 34.3 Å². The molecule has 0 radical (unpaired) electrons. The van der Waals surface area contributed by atoms with Crippen molar-refractivity contribution >= 4 is 29.8 Å². The van der Waals surface area contributed by atoms with Crippen LogP contribution in [0, 0.1) is 0 Å². The van der Waals surface area contributed by atoms with Crippen molar-refractivity contribution in [3.8, 4) is 0 Å². The largest absolute Gasteiger partial charge is 0.762 e. The third-order valence-electron chi connectivity index (χ3n) is 2.89. The van der Waals surface area contributed by atoms with Crippen molar-refractivity contribution in [2.24, 2.45) is 0 Å². The highest BCUT2D eigenvalue weighted by Crippen LogP contribution is 2.08. The van der Waals surface area contributed by atoms with E-state index in [1.807, 2.05) is 6.08 Å². The molecule has 6 heteroatoms. The zero-order valence-electron chi connectivity index (χ0n) is 9.76. The summed E-state index contributed by atoms with van der Waals surface area (Å²) in [4.78, 5) is 5.11. The summed E-state index contributed by atoms with van der Waals surface area (Å²) >= 11 is 10.8. The van der Waals surface area contributed by atoms with Gasteiger partial charge in [0.2, 0.25) is 0 Å². The molecule has 2 saturated heterocycles. The Morgan fingerprint density at radius 2 is 1.41 bits per heavy atom. The normalized spacial score (nSPS) is 22.7. The summed E-state index contributed by atoms with van der Waals surface area (Å²) in [6, 6.07) is 0. The lowest BCUT2D eigenvalue weighted by molar-refractivity contribution is 0.0575. The van der Waals surface area contributed by atoms with E-state index in [1.165, 1.54) is 0 Å². The van der Waals surface area contributed by atoms with Crippen LogP contribution in [0.3, 0.4) is 0 Å². The second kappa shape index (κ2) is 6.49. The van der Waals surface area contributed by atoms with Crippen LogP contribution >= 0.6 is 12.2 Å². The monoisotopic (exact) mass is 273 g/mol. The lowest BCUT2D eigenvalue weighted by atomic mass is 10.4. The molecule has 0 spiro atoms. The molecular formula is C11H17N2O2S2-. The van der Waals surface area contributed by atoms with Gasteiger partial charge in [-0.15, -0.1) is 5.03 Å². The van der Waals surface area contributed by atoms with Crippen molar-refractivity contribution in [1.29, 1.82) is 0 Å². The van der Waals surface area contributed by atoms with Gasteiger partial charge in [-0.1, -0.05) is 12.2 Å². The molecule has 0 aliphatic carbocycles. The van der Waals surface area contributed by atoms with Crippen molar-refractivity contribution in [2.75, 3.05) is 52.6 Å². The molecule has 2 fully saturated rings. The first-order valence-electron chi connectivity index (χ1n) is 5.85. The Bertz CT molecular complexity index is 298. The first-order chi connectivity index (χ1) is 8.27. The van der Waals surface area contributed by atoms with Gasteiger partial charge in [-0.05, 0) is 6.08 Å². The van der Waals surface area contributed by atoms with Crippen LogP contribution in [0.5, 0.6) is 0 Å². The van der Waals surface area contributed by atoms with E-state index >= 15 is 0 Å². The van der Waals surface area contributed by atoms with Crippen LogP contribution in [0.25, 0.3) is 0 Å². The van der Waals surface area contributed by atoms with E-state index in [0.29, 0.717) is 0 Å². The number of hydrogen-bond acceptors (Lipinski definition) is 5. The second-order valence-electron chi connectivity index (χ2n) is 4.02. The van der Waals surface area contributed by atoms with Crippen LogP contribution in [0.4, 0.5) is 0 Å². The summed E-state index contributed by atoms with van der Waals surface area (Å²) in [5, 5.41) is 0.824. The molecule has 0 bridgehead atoms. The van der Waals surface area contributed by atoms with Crippen LogP contribution < -0.4 is 0 Å². The standard InChI is InChI=1S/C11H18N2O2S2/c16-10(12-1-5-14-6-2-12)9-11(17)13-3-7-15-8-4-13/h9,16H,1-8H2/p-1/b10-9-. The Morgan fingerprint density at radius 3 is 1.94 bits per heavy atom. The zero-order valence-corrected chi connectivity index (χ0v) is 11.4. The molecule has 0 aromatic rings. The van der Waals surface area contributed by atoms with Crippen LogP contribution in [0.15, 0.2) is 11.1 Å². The molecule has 17 heavy (non-hydrogen) atoms. The van der Waals surface area contributed by atoms with Crippen molar-refractivity contribution in [3.05, 3.63) is 11.1 Å². The average Bonchev–Trinajstić information content (AvgIpc) is 2.40. The van der Waals surface area contributed by atoms with Gasteiger partial charge in [0.25, 0.3) is 0 Å². The van der Waals surface area contributed by atoms with E-state index < -0.39 is 0 Å². The van der Waals surface area contributed by atoms with Crippen LogP contribution in [0.1, 0.15) is 0 Å². The number of hydrogen-bond donors (Lipinski definition) is 0. The Kier molecular flexibility index (Phi) is 4.97. The average molecular weight is 273 g/mol. The van der Waals surface area contributed by atoms with Gasteiger partial charge in [0, 0.05) is 26.2 Å². The Hall–Kier alpha value is -0.430. The lowest BCUT2D eigenvalue weighted by Crippen LogP contribution is -2.40. The van der Waals surface area contributed by atoms with Crippen molar-refractivity contribution < 1.29 is 9.47 Å². The van der Waals surface area contributed by atoms with E-state index in [9.17, 15) is 0 Å². The van der Waals surface area contributed by atoms with E-state index in [1.54, 1.807) is 0 Å². The molecule has 0 N–H and O–H groups in total. The van der Waals surface area contributed by atoms with Crippen molar-refractivity contribution in [1.82, 2.24) is 9.80 Å². The van der Waals surface area contributed by atoms with Crippen LogP contribution in [-0.2, 0) is 22.1 Å². The van der Waals surface area contributed by atoms with Gasteiger partial charge >= 0.3 is 0 Å². The molecule has 0 aromatic heterocycles. The summed E-state index contributed by atoms with van der Waals surface area (Å²) in [7, 11) is 0. The third-order valence-corrected chi connectivity index (χ3v) is 3.64. The topological polar surface area (TPSA) is 24.9 Å². The molecule has 96 valence electrons. The van der Waals surface area contributed by atoms with Gasteiger partial charge in [-0.25, -0.2) is 0 Å². The second-order valence-corrected chi connectivity index (χ2v) is 4.86. The van der Waals surface area contributed by atoms with Gasteiger partial charge < -0.3 is 31.9 Å². The molecule has 2 heterocycles. The maximum Gasteiger partial charge on any atom is 0.101 e. The number of ether oxygens (including phenoxy) is 2. The molecule has 0 saturated carbocycles. The fourth-order valence-electron chi connectivity index (χ4n) is 1.86. The van der Waals surface area contributed by atoms with Gasteiger partial charge in [0.15, 0.2) is 0 Å². The minimum Gasteiger partial charge on any atom is -0.762 e. The maximum atomic E-state index is 5.39. The summed E-state index contributed by atoms with van der Waals surface area (Å²) in [6.45, 7) is 6.44. The van der Waals surface area contributed by atoms with Gasteiger partial charge in [-0.2, -0.15) is 0 Å². The zero-order chi connectivity index (χ0) is 12.1. The fourth-order valence-corrected chi connectivity index (χ4v) is 2.52. The van der Waals surface area contributed by atoms with Crippen LogP contribution in [-0.4, -0.2) is 67.4 Å². The van der Waals surface area contributed by atoms with Gasteiger partial charge in [-0.3, -0.25) is 0 Å². The first-order valence-corrected chi connectivity index (χ1v) is 6.67. The Balaban J connectivity index is 1.89. The maximum absolute atomic E-state index is 5.39. The Labute approximate surface area is 113 Å². The molecule has 0 aromatic carbocycles. The predicted molar refractivity (Wildman–Crippen MR) is 72.8 cm³/mol. The van der Waals surface area contributed by atoms with Crippen molar-refractivity contribution in [2.45, 2.75) is 0 Å². The molecule has 2 rings (SSSR count). The lowest BCUT2D eigenvalue weighted by Gasteiger charge is -2.36. The number of nitrogens with zero attached hydrogens (tertiary/aromatic N) is 2. The Morgan fingerprint density at radius 1 is 0.941 bits per heavy atom. The number of rotatable bonds is 2. The number of thiocarbonyl (C=S) groups is 1. The predicted octanol–water partition coefficient (Wildman–Crippen LogP) is 0.367. The van der Waals surface area contributed by atoms with Crippen molar-refractivity contribution in [3.63, 3.8) is 0 Å². The summed E-state index contributed by atoms with van der Waals surface area (Å²) < 4.78 is 10.6. The van der Waals surface area contributed by atoms with E-state index in [-0.39, 0.29) is 0 Å². The highest BCUT2D eigenvalue weighted by molar-refractivity contribution is 7.80. The molecular weight excluding hydrogens is 256 g/mol. The summed E-state index contributed by atoms with van der Waals surface area (Å²) in [6.07, 6.45) is 1.92. The van der Waals surface area contributed by atoms with Gasteiger partial charge in [0.05, 0.1) is 26.4 Å². The summed E-state index contributed by atoms with van der Waals surface area (Å²) in [5.74, 6) is 0. The SMILES string of the molecule is S=C(/C=C(\[S-])N1CCOCC1)N1CCOCC1.